The molecule has 1 heterocycles. The molecule has 1 fully saturated rings. The van der Waals surface area contributed by atoms with Gasteiger partial charge in [-0.3, -0.25) is 20.4 Å². The maximum Gasteiger partial charge on any atom is 0.253 e. The summed E-state index contributed by atoms with van der Waals surface area (Å²) in [4.78, 5) is 24.5. The lowest BCUT2D eigenvalue weighted by atomic mass is 10.1. The Balaban J connectivity index is 0.00000420. The van der Waals surface area contributed by atoms with Crippen molar-refractivity contribution in [1.82, 2.24) is 15.8 Å². The van der Waals surface area contributed by atoms with Crippen molar-refractivity contribution >= 4 is 35.7 Å². The van der Waals surface area contributed by atoms with Crippen LogP contribution in [-0.4, -0.2) is 71.3 Å². The Morgan fingerprint density at radius 1 is 1.24 bits per heavy atom. The number of nitrogens with two attached hydrogens (primary N) is 1. The van der Waals surface area contributed by atoms with Gasteiger partial charge in [-0.1, -0.05) is 18.6 Å². The Kier molecular flexibility index (Phi) is 10.4. The Morgan fingerprint density at radius 2 is 1.93 bits per heavy atom. The number of nitrogen functional groups attached to an aromatic ring is 1. The van der Waals surface area contributed by atoms with Crippen molar-refractivity contribution < 1.29 is 19.8 Å². The molecule has 2 unspecified atom stereocenters. The highest BCUT2D eigenvalue weighted by Crippen LogP contribution is 2.13. The molecule has 0 bridgehead atoms. The Labute approximate surface area is 175 Å². The molecule has 0 saturated carbocycles. The second kappa shape index (κ2) is 12.2. The van der Waals surface area contributed by atoms with Crippen molar-refractivity contribution in [2.45, 2.75) is 31.4 Å². The van der Waals surface area contributed by atoms with Gasteiger partial charge in [0.2, 0.25) is 5.91 Å². The van der Waals surface area contributed by atoms with Crippen molar-refractivity contribution in [1.29, 1.82) is 5.41 Å². The van der Waals surface area contributed by atoms with E-state index in [2.05, 4.69) is 16.1 Å². The Hall–Kier alpha value is -2.40. The number of halogens is 1. The summed E-state index contributed by atoms with van der Waals surface area (Å²) in [6.45, 7) is 0.662. The molecule has 2 rings (SSSR count). The van der Waals surface area contributed by atoms with E-state index in [-0.39, 0.29) is 30.7 Å². The summed E-state index contributed by atoms with van der Waals surface area (Å²) in [6, 6.07) is 5.28. The number of piperidine rings is 1. The number of rotatable bonds is 9. The zero-order chi connectivity index (χ0) is 20.5. The van der Waals surface area contributed by atoms with E-state index < -0.39 is 24.7 Å². The molecule has 1 aliphatic heterocycles. The third kappa shape index (κ3) is 7.86. The van der Waals surface area contributed by atoms with Gasteiger partial charge >= 0.3 is 0 Å². The lowest BCUT2D eigenvalue weighted by molar-refractivity contribution is -0.130. The molecule has 0 radical (unpaired) electrons. The van der Waals surface area contributed by atoms with Crippen LogP contribution in [-0.2, 0) is 9.59 Å². The summed E-state index contributed by atoms with van der Waals surface area (Å²) in [5.41, 5.74) is 9.08. The van der Waals surface area contributed by atoms with E-state index >= 15 is 0 Å². The molecule has 1 aliphatic rings. The van der Waals surface area contributed by atoms with Crippen LogP contribution in [0.3, 0.4) is 0 Å². The maximum atomic E-state index is 12.5. The van der Waals surface area contributed by atoms with Crippen LogP contribution in [0.2, 0.25) is 0 Å². The standard InChI is InChI=1S/C18H28N6O4.ClH/c19-17(20)12-5-4-6-13(9-12)22-16(14(26)11-25)18(28)21-10-15(27)23-24-7-2-1-3-8-24;/h4-6,9,14,16,22,25-26H,1-3,7-8,10-11H2,(H3,19,20)(H,21,28)(H,23,27);1H. The molecule has 1 saturated heterocycles. The molecule has 29 heavy (non-hydrogen) atoms. The fourth-order valence-electron chi connectivity index (χ4n) is 2.90. The number of aliphatic hydroxyl groups excluding tert-OH is 2. The Bertz CT molecular complexity index is 699. The number of carbonyl (C=O) groups excluding carboxylic acids is 2. The summed E-state index contributed by atoms with van der Waals surface area (Å²) in [5.74, 6) is -1.13. The molecule has 2 amide bonds. The number of nitrogens with zero attached hydrogens (tertiary/aromatic N) is 1. The fourth-order valence-corrected chi connectivity index (χ4v) is 2.90. The quantitative estimate of drug-likeness (QED) is 0.199. The molecule has 162 valence electrons. The highest BCUT2D eigenvalue weighted by Gasteiger charge is 2.27. The molecular weight excluding hydrogens is 400 g/mol. The number of amidine groups is 1. The van der Waals surface area contributed by atoms with Gasteiger partial charge in [0.1, 0.15) is 18.0 Å². The zero-order valence-corrected chi connectivity index (χ0v) is 16.9. The summed E-state index contributed by atoms with van der Waals surface area (Å²) >= 11 is 0. The first-order valence-corrected chi connectivity index (χ1v) is 9.22. The topological polar surface area (TPSA) is 164 Å². The van der Waals surface area contributed by atoms with Gasteiger partial charge in [-0.15, -0.1) is 12.4 Å². The smallest absolute Gasteiger partial charge is 0.253 e. The summed E-state index contributed by atoms with van der Waals surface area (Å²) in [7, 11) is 0. The Morgan fingerprint density at radius 3 is 2.55 bits per heavy atom. The van der Waals surface area contributed by atoms with Crippen LogP contribution in [0, 0.1) is 5.41 Å². The lowest BCUT2D eigenvalue weighted by Gasteiger charge is -2.27. The van der Waals surface area contributed by atoms with Gasteiger partial charge in [0.25, 0.3) is 5.91 Å². The number of hydrogen-bond donors (Lipinski definition) is 7. The van der Waals surface area contributed by atoms with Crippen LogP contribution >= 0.6 is 12.4 Å². The fraction of sp³-hybridized carbons (Fsp3) is 0.500. The number of carbonyl (C=O) groups is 2. The third-order valence-electron chi connectivity index (χ3n) is 4.41. The van der Waals surface area contributed by atoms with E-state index in [1.165, 1.54) is 0 Å². The number of nitrogens with one attached hydrogen (secondary N) is 4. The van der Waals surface area contributed by atoms with Crippen LogP contribution in [0.25, 0.3) is 0 Å². The number of benzene rings is 1. The molecule has 0 aromatic heterocycles. The predicted octanol–water partition coefficient (Wildman–Crippen LogP) is -0.841. The van der Waals surface area contributed by atoms with Crippen molar-refractivity contribution in [3.63, 3.8) is 0 Å². The molecule has 0 aliphatic carbocycles. The van der Waals surface area contributed by atoms with E-state index in [1.54, 1.807) is 24.3 Å². The molecule has 11 heteroatoms. The van der Waals surface area contributed by atoms with E-state index in [4.69, 9.17) is 11.1 Å². The highest BCUT2D eigenvalue weighted by atomic mass is 35.5. The molecule has 8 N–H and O–H groups in total. The van der Waals surface area contributed by atoms with Gasteiger partial charge in [0.05, 0.1) is 13.2 Å². The predicted molar refractivity (Wildman–Crippen MR) is 112 cm³/mol. The SMILES string of the molecule is Cl.N=C(N)c1cccc(NC(C(=O)NCC(=O)NN2CCCCC2)C(O)CO)c1. The minimum atomic E-state index is -1.38. The third-order valence-corrected chi connectivity index (χ3v) is 4.41. The maximum absolute atomic E-state index is 12.5. The van der Waals surface area contributed by atoms with Crippen LogP contribution in [0.15, 0.2) is 24.3 Å². The summed E-state index contributed by atoms with van der Waals surface area (Å²) in [6.07, 6.45) is 1.79. The number of amides is 2. The number of anilines is 1. The first-order valence-electron chi connectivity index (χ1n) is 9.22. The lowest BCUT2D eigenvalue weighted by Crippen LogP contribution is -2.53. The molecular formula is C18H29ClN6O4. The van der Waals surface area contributed by atoms with Gasteiger partial charge < -0.3 is 26.6 Å². The first-order chi connectivity index (χ1) is 13.4. The second-order valence-corrected chi connectivity index (χ2v) is 6.67. The zero-order valence-electron chi connectivity index (χ0n) is 16.1. The molecule has 2 atom stereocenters. The van der Waals surface area contributed by atoms with Crippen LogP contribution in [0.5, 0.6) is 0 Å². The molecule has 1 aromatic carbocycles. The van der Waals surface area contributed by atoms with Gasteiger partial charge in [0, 0.05) is 24.3 Å². The van der Waals surface area contributed by atoms with E-state index in [1.807, 2.05) is 5.01 Å². The van der Waals surface area contributed by atoms with Crippen molar-refractivity contribution in [2.75, 3.05) is 31.6 Å². The summed E-state index contributed by atoms with van der Waals surface area (Å²) < 4.78 is 0. The van der Waals surface area contributed by atoms with Crippen LogP contribution in [0.1, 0.15) is 24.8 Å². The monoisotopic (exact) mass is 428 g/mol. The van der Waals surface area contributed by atoms with Crippen molar-refractivity contribution in [2.24, 2.45) is 5.73 Å². The second-order valence-electron chi connectivity index (χ2n) is 6.67. The van der Waals surface area contributed by atoms with Crippen LogP contribution < -0.4 is 21.8 Å². The highest BCUT2D eigenvalue weighted by molar-refractivity contribution is 5.96. The number of hydrazine groups is 1. The minimum absolute atomic E-state index is 0. The average molecular weight is 429 g/mol. The number of aliphatic hydroxyl groups is 2. The first kappa shape index (κ1) is 24.6. The molecule has 10 nitrogen and oxygen atoms in total. The van der Waals surface area contributed by atoms with E-state index in [0.717, 1.165) is 32.4 Å². The summed E-state index contributed by atoms with van der Waals surface area (Å²) in [5, 5.41) is 33.8. The average Bonchev–Trinajstić information content (AvgIpc) is 2.70. The number of hydrogen-bond acceptors (Lipinski definition) is 7. The molecule has 1 aromatic rings. The van der Waals surface area contributed by atoms with Gasteiger partial charge in [-0.05, 0) is 25.0 Å². The largest absolute Gasteiger partial charge is 0.394 e. The van der Waals surface area contributed by atoms with E-state index in [9.17, 15) is 19.8 Å². The van der Waals surface area contributed by atoms with Gasteiger partial charge in [-0.2, -0.15) is 0 Å². The van der Waals surface area contributed by atoms with Crippen molar-refractivity contribution in [3.05, 3.63) is 29.8 Å². The van der Waals surface area contributed by atoms with Gasteiger partial charge in [0.15, 0.2) is 0 Å². The van der Waals surface area contributed by atoms with Crippen molar-refractivity contribution in [3.8, 4) is 0 Å². The minimum Gasteiger partial charge on any atom is -0.394 e. The van der Waals surface area contributed by atoms with Gasteiger partial charge in [-0.25, -0.2) is 5.01 Å². The molecule has 0 spiro atoms. The van der Waals surface area contributed by atoms with Crippen LogP contribution in [0.4, 0.5) is 5.69 Å². The van der Waals surface area contributed by atoms with E-state index in [0.29, 0.717) is 11.3 Å². The normalized spacial score (nSPS) is 16.1.